The largest absolute Gasteiger partial charge is 0.465 e. The van der Waals surface area contributed by atoms with Crippen molar-refractivity contribution < 1.29 is 9.53 Å². The summed E-state index contributed by atoms with van der Waals surface area (Å²) < 4.78 is 5.77. The van der Waals surface area contributed by atoms with E-state index in [0.29, 0.717) is 6.61 Å². The van der Waals surface area contributed by atoms with Gasteiger partial charge in [-0.05, 0) is 51.4 Å². The average Bonchev–Trinajstić information content (AvgIpc) is 2.96. The van der Waals surface area contributed by atoms with Crippen LogP contribution in [0.4, 0.5) is 0 Å². The Morgan fingerprint density at radius 2 is 0.850 bits per heavy atom. The molecule has 0 N–H and O–H groups in total. The molecule has 0 aliphatic rings. The van der Waals surface area contributed by atoms with Crippen LogP contribution < -0.4 is 0 Å². The van der Waals surface area contributed by atoms with E-state index >= 15 is 0 Å². The van der Waals surface area contributed by atoms with Crippen LogP contribution in [-0.4, -0.2) is 12.6 Å². The van der Waals surface area contributed by atoms with Crippen LogP contribution in [0, 0.1) is 5.92 Å². The van der Waals surface area contributed by atoms with Gasteiger partial charge in [0.15, 0.2) is 0 Å². The van der Waals surface area contributed by atoms with Gasteiger partial charge in [0.1, 0.15) is 0 Å². The van der Waals surface area contributed by atoms with Gasteiger partial charge < -0.3 is 4.74 Å². The summed E-state index contributed by atoms with van der Waals surface area (Å²) in [6.07, 6.45) is 44.7. The molecule has 236 valence electrons. The first kappa shape index (κ1) is 39.0. The van der Waals surface area contributed by atoms with E-state index in [1.165, 1.54) is 154 Å². The Balaban J connectivity index is 4.10. The lowest BCUT2D eigenvalue weighted by atomic mass is 9.94. The van der Waals surface area contributed by atoms with Gasteiger partial charge in [0.05, 0.1) is 12.5 Å². The van der Waals surface area contributed by atoms with Gasteiger partial charge >= 0.3 is 5.97 Å². The molecule has 0 saturated carbocycles. The van der Waals surface area contributed by atoms with Crippen LogP contribution in [0.1, 0.15) is 201 Å². The Labute approximate surface area is 252 Å². The molecule has 0 amide bonds. The molecular weight excluding hydrogens is 488 g/mol. The summed E-state index contributed by atoms with van der Waals surface area (Å²) in [6, 6.07) is 0. The van der Waals surface area contributed by atoms with Crippen molar-refractivity contribution in [2.75, 3.05) is 6.61 Å². The number of unbranched alkanes of at least 4 members (excludes halogenated alkanes) is 21. The highest BCUT2D eigenvalue weighted by molar-refractivity contribution is 5.72. The molecule has 0 fully saturated rings. The van der Waals surface area contributed by atoms with Crippen molar-refractivity contribution in [2.24, 2.45) is 5.92 Å². The second-order valence-corrected chi connectivity index (χ2v) is 12.3. The Kier molecular flexibility index (Phi) is 33.3. The van der Waals surface area contributed by atoms with Crippen molar-refractivity contribution in [2.45, 2.75) is 201 Å². The van der Waals surface area contributed by atoms with E-state index in [2.05, 4.69) is 45.1 Å². The van der Waals surface area contributed by atoms with Gasteiger partial charge in [-0.2, -0.15) is 0 Å². The topological polar surface area (TPSA) is 26.3 Å². The van der Waals surface area contributed by atoms with Crippen LogP contribution in [0.3, 0.4) is 0 Å². The van der Waals surface area contributed by atoms with Crippen LogP contribution >= 0.6 is 0 Å². The number of allylic oxidation sites excluding steroid dienone is 4. The second kappa shape index (κ2) is 34.2. The quantitative estimate of drug-likeness (QED) is 0.0464. The third-order valence-corrected chi connectivity index (χ3v) is 8.23. The molecule has 0 saturated heterocycles. The van der Waals surface area contributed by atoms with Crippen molar-refractivity contribution in [3.63, 3.8) is 0 Å². The third kappa shape index (κ3) is 29.9. The molecule has 0 rings (SSSR count). The zero-order chi connectivity index (χ0) is 29.2. The maximum absolute atomic E-state index is 12.9. The summed E-state index contributed by atoms with van der Waals surface area (Å²) >= 11 is 0. The summed E-state index contributed by atoms with van der Waals surface area (Å²) in [5, 5.41) is 0. The first-order valence-electron chi connectivity index (χ1n) is 18.2. The predicted octanol–water partition coefficient (Wildman–Crippen LogP) is 13.2. The lowest BCUT2D eigenvalue weighted by Crippen LogP contribution is -2.18. The van der Waals surface area contributed by atoms with E-state index < -0.39 is 0 Å². The zero-order valence-corrected chi connectivity index (χ0v) is 27.7. The molecule has 0 aromatic heterocycles. The first-order chi connectivity index (χ1) is 19.8. The SMILES string of the molecule is CCCCC/C=C\C/C=C\CCCCCCC(CCCCCCCCCCCC)C(=O)OCCCCCCCC. The van der Waals surface area contributed by atoms with E-state index in [-0.39, 0.29) is 11.9 Å². The number of carbonyl (C=O) groups excluding carboxylic acids is 1. The minimum absolute atomic E-state index is 0.0927. The van der Waals surface area contributed by atoms with Crippen molar-refractivity contribution in [1.29, 1.82) is 0 Å². The van der Waals surface area contributed by atoms with Crippen molar-refractivity contribution in [3.8, 4) is 0 Å². The Morgan fingerprint density at radius 1 is 0.475 bits per heavy atom. The molecule has 1 unspecified atom stereocenters. The highest BCUT2D eigenvalue weighted by atomic mass is 16.5. The second-order valence-electron chi connectivity index (χ2n) is 12.3. The van der Waals surface area contributed by atoms with Crippen LogP contribution in [-0.2, 0) is 9.53 Å². The molecule has 0 radical (unpaired) electrons. The third-order valence-electron chi connectivity index (χ3n) is 8.23. The van der Waals surface area contributed by atoms with Gasteiger partial charge in [-0.3, -0.25) is 4.79 Å². The Morgan fingerprint density at radius 3 is 1.35 bits per heavy atom. The molecule has 2 nitrogen and oxygen atoms in total. The summed E-state index contributed by atoms with van der Waals surface area (Å²) in [5.41, 5.74) is 0. The fraction of sp³-hybridized carbons (Fsp3) is 0.868. The fourth-order valence-electron chi connectivity index (χ4n) is 5.46. The van der Waals surface area contributed by atoms with E-state index in [1.54, 1.807) is 0 Å². The fourth-order valence-corrected chi connectivity index (χ4v) is 5.46. The minimum atomic E-state index is 0.0927. The average molecular weight is 561 g/mol. The lowest BCUT2D eigenvalue weighted by molar-refractivity contribution is -0.149. The molecular formula is C38H72O2. The van der Waals surface area contributed by atoms with Crippen molar-refractivity contribution in [1.82, 2.24) is 0 Å². The van der Waals surface area contributed by atoms with Crippen LogP contribution in [0.15, 0.2) is 24.3 Å². The Hall–Kier alpha value is -1.05. The monoisotopic (exact) mass is 561 g/mol. The van der Waals surface area contributed by atoms with Crippen LogP contribution in [0.2, 0.25) is 0 Å². The number of carbonyl (C=O) groups is 1. The summed E-state index contributed by atoms with van der Waals surface area (Å²) in [6.45, 7) is 7.42. The normalized spacial score (nSPS) is 12.6. The molecule has 0 aromatic carbocycles. The van der Waals surface area contributed by atoms with E-state index in [0.717, 1.165) is 25.7 Å². The number of rotatable bonds is 32. The van der Waals surface area contributed by atoms with Crippen LogP contribution in [0.5, 0.6) is 0 Å². The van der Waals surface area contributed by atoms with E-state index in [9.17, 15) is 4.79 Å². The summed E-state index contributed by atoms with van der Waals surface area (Å²) in [4.78, 5) is 12.9. The van der Waals surface area contributed by atoms with E-state index in [1.807, 2.05) is 0 Å². The molecule has 0 aliphatic heterocycles. The summed E-state index contributed by atoms with van der Waals surface area (Å²) in [7, 11) is 0. The van der Waals surface area contributed by atoms with Gasteiger partial charge in [0.2, 0.25) is 0 Å². The summed E-state index contributed by atoms with van der Waals surface area (Å²) in [5.74, 6) is 0.216. The first-order valence-corrected chi connectivity index (χ1v) is 18.2. The zero-order valence-electron chi connectivity index (χ0n) is 27.7. The Bertz CT molecular complexity index is 550. The van der Waals surface area contributed by atoms with Crippen molar-refractivity contribution in [3.05, 3.63) is 24.3 Å². The molecule has 0 aliphatic carbocycles. The number of ether oxygens (including phenoxy) is 1. The predicted molar refractivity (Wildman–Crippen MR) is 179 cm³/mol. The molecule has 40 heavy (non-hydrogen) atoms. The lowest BCUT2D eigenvalue weighted by Gasteiger charge is -2.16. The standard InChI is InChI=1S/C38H72O2/c1-4-7-10-13-16-18-20-21-22-23-25-27-29-32-35-37(38(39)40-36-33-30-15-12-9-6-3)34-31-28-26-24-19-17-14-11-8-5-2/h16,18,21-22,37H,4-15,17,19-20,23-36H2,1-3H3/b18-16-,22-21-. The molecule has 0 spiro atoms. The maximum Gasteiger partial charge on any atom is 0.308 e. The number of hydrogen-bond donors (Lipinski definition) is 0. The van der Waals surface area contributed by atoms with Gasteiger partial charge in [-0.1, -0.05) is 173 Å². The number of hydrogen-bond acceptors (Lipinski definition) is 2. The highest BCUT2D eigenvalue weighted by Gasteiger charge is 2.19. The maximum atomic E-state index is 12.9. The molecule has 2 heteroatoms. The van der Waals surface area contributed by atoms with E-state index in [4.69, 9.17) is 4.74 Å². The molecule has 0 heterocycles. The molecule has 0 bridgehead atoms. The highest BCUT2D eigenvalue weighted by Crippen LogP contribution is 2.21. The van der Waals surface area contributed by atoms with Gasteiger partial charge in [-0.15, -0.1) is 0 Å². The van der Waals surface area contributed by atoms with Gasteiger partial charge in [-0.25, -0.2) is 0 Å². The minimum Gasteiger partial charge on any atom is -0.465 e. The van der Waals surface area contributed by atoms with Crippen LogP contribution in [0.25, 0.3) is 0 Å². The smallest absolute Gasteiger partial charge is 0.308 e. The van der Waals surface area contributed by atoms with Crippen molar-refractivity contribution >= 4 is 5.97 Å². The molecule has 1 atom stereocenters. The van der Waals surface area contributed by atoms with Gasteiger partial charge in [0, 0.05) is 0 Å². The molecule has 0 aromatic rings. The number of esters is 1. The van der Waals surface area contributed by atoms with Gasteiger partial charge in [0.25, 0.3) is 0 Å².